The standard InChI is InChI=1S/C13H17N3O5S2/c1-4-7-23(20)9-5-6-11(16(18)19)10(8-9)14-12(22-3)15-13(17)21-2/h5-6,8H,4,7H2,1-3H3,(H,14,15,17). The zero-order valence-electron chi connectivity index (χ0n) is 12.9. The summed E-state index contributed by atoms with van der Waals surface area (Å²) in [5.41, 5.74) is -0.210. The van der Waals surface area contributed by atoms with E-state index < -0.39 is 22.2 Å². The first-order valence-electron chi connectivity index (χ1n) is 6.57. The average molecular weight is 359 g/mol. The molecule has 1 rings (SSSR count). The fraction of sp³-hybridized carbons (Fsp3) is 0.385. The first-order valence-corrected chi connectivity index (χ1v) is 9.11. The summed E-state index contributed by atoms with van der Waals surface area (Å²) < 4.78 is 16.5. The van der Waals surface area contributed by atoms with E-state index in [4.69, 9.17) is 0 Å². The topological polar surface area (TPSA) is 117 Å². The van der Waals surface area contributed by atoms with Crippen LogP contribution in [0.2, 0.25) is 0 Å². The van der Waals surface area contributed by atoms with Crippen molar-refractivity contribution >= 4 is 45.6 Å². The van der Waals surface area contributed by atoms with Crippen LogP contribution in [-0.4, -0.2) is 39.9 Å². The lowest BCUT2D eigenvalue weighted by Crippen LogP contribution is -2.27. The van der Waals surface area contributed by atoms with E-state index in [2.05, 4.69) is 15.0 Å². The molecule has 0 saturated heterocycles. The van der Waals surface area contributed by atoms with Gasteiger partial charge in [-0.1, -0.05) is 18.7 Å². The van der Waals surface area contributed by atoms with Crippen LogP contribution in [0.25, 0.3) is 0 Å². The number of rotatable bonds is 5. The van der Waals surface area contributed by atoms with Crippen molar-refractivity contribution in [3.8, 4) is 0 Å². The van der Waals surface area contributed by atoms with E-state index >= 15 is 0 Å². The Bertz CT molecular complexity index is 609. The van der Waals surface area contributed by atoms with Crippen LogP contribution in [0, 0.1) is 10.1 Å². The van der Waals surface area contributed by atoms with Crippen LogP contribution in [0.1, 0.15) is 13.3 Å². The van der Waals surface area contributed by atoms with Crippen LogP contribution in [0.4, 0.5) is 16.2 Å². The molecule has 1 aromatic rings. The van der Waals surface area contributed by atoms with Crippen LogP contribution < -0.4 is 5.32 Å². The maximum absolute atomic E-state index is 12.1. The zero-order valence-corrected chi connectivity index (χ0v) is 14.5. The third-order valence-corrected chi connectivity index (χ3v) is 4.74. The molecule has 0 spiro atoms. The number of amides is 1. The van der Waals surface area contributed by atoms with Crippen LogP contribution in [-0.2, 0) is 15.9 Å². The molecular formula is C13H17N3O5S2. The third-order valence-electron chi connectivity index (χ3n) is 2.61. The molecule has 0 aliphatic rings. The van der Waals surface area contributed by atoms with Crippen molar-refractivity contribution in [1.82, 2.24) is 5.32 Å². The Morgan fingerprint density at radius 3 is 2.74 bits per heavy atom. The van der Waals surface area contributed by atoms with Crippen LogP contribution in [0.15, 0.2) is 28.1 Å². The van der Waals surface area contributed by atoms with Gasteiger partial charge in [0.1, 0.15) is 11.4 Å². The Balaban J connectivity index is 3.25. The smallest absolute Gasteiger partial charge is 0.412 e. The Hall–Kier alpha value is -1.78. The van der Waals surface area contributed by atoms with Gasteiger partial charge in [0, 0.05) is 18.2 Å². The lowest BCUT2D eigenvalue weighted by molar-refractivity contribution is -0.384. The molecule has 1 N–H and O–H groups in total. The molecule has 10 heteroatoms. The van der Waals surface area contributed by atoms with Gasteiger partial charge in [0.15, 0.2) is 10.1 Å². The van der Waals surface area contributed by atoms with E-state index in [0.29, 0.717) is 10.6 Å². The Labute approximate surface area is 141 Å². The molecule has 0 aliphatic carbocycles. The number of nitrogens with zero attached hydrogens (tertiary/aromatic N) is 2. The first-order chi connectivity index (χ1) is 10.9. The van der Waals surface area contributed by atoms with E-state index in [1.165, 1.54) is 25.3 Å². The molecule has 23 heavy (non-hydrogen) atoms. The van der Waals surface area contributed by atoms with Gasteiger partial charge in [-0.2, -0.15) is 0 Å². The number of hydrogen-bond acceptors (Lipinski definition) is 7. The summed E-state index contributed by atoms with van der Waals surface area (Å²) in [7, 11) is 1.20. The zero-order chi connectivity index (χ0) is 17.4. The molecule has 1 atom stereocenters. The highest BCUT2D eigenvalue weighted by atomic mass is 32.2. The minimum absolute atomic E-state index is 0.0257. The van der Waals surface area contributed by atoms with Gasteiger partial charge in [0.2, 0.25) is 0 Å². The second kappa shape index (κ2) is 9.38. The van der Waals surface area contributed by atoms with E-state index in [0.717, 1.165) is 18.2 Å². The lowest BCUT2D eigenvalue weighted by atomic mass is 10.3. The molecule has 1 amide bonds. The summed E-state index contributed by atoms with van der Waals surface area (Å²) >= 11 is -0.162. The number of amidine groups is 1. The van der Waals surface area contributed by atoms with E-state index in [9.17, 15) is 19.5 Å². The van der Waals surface area contributed by atoms with Gasteiger partial charge in [-0.05, 0) is 23.9 Å². The molecule has 0 aromatic heterocycles. The van der Waals surface area contributed by atoms with Crippen molar-refractivity contribution in [1.29, 1.82) is 0 Å². The van der Waals surface area contributed by atoms with Crippen molar-refractivity contribution in [2.24, 2.45) is 4.99 Å². The van der Waals surface area contributed by atoms with Crippen molar-refractivity contribution in [3.05, 3.63) is 28.3 Å². The number of methoxy groups -OCH3 is 1. The molecule has 0 saturated carbocycles. The molecule has 0 bridgehead atoms. The third kappa shape index (κ3) is 5.73. The number of carbonyl (C=O) groups excluding carboxylic acids is 1. The lowest BCUT2D eigenvalue weighted by Gasteiger charge is -2.10. The number of carbonyl (C=O) groups is 1. The normalized spacial score (nSPS) is 12.6. The number of nitro benzene ring substituents is 1. The van der Waals surface area contributed by atoms with Crippen molar-refractivity contribution in [2.45, 2.75) is 18.2 Å². The number of ether oxygens (including phenoxy) is 1. The molecule has 0 radical (unpaired) electrons. The predicted octanol–water partition coefficient (Wildman–Crippen LogP) is 2.82. The van der Waals surface area contributed by atoms with Crippen LogP contribution in [0.5, 0.6) is 0 Å². The maximum Gasteiger partial charge on any atom is 0.412 e. The fourth-order valence-electron chi connectivity index (χ4n) is 1.56. The van der Waals surface area contributed by atoms with Gasteiger partial charge in [-0.3, -0.25) is 15.4 Å². The average Bonchev–Trinajstić information content (AvgIpc) is 2.53. The Morgan fingerprint density at radius 2 is 2.22 bits per heavy atom. The number of aliphatic imine (C=N–C) groups is 1. The van der Waals surface area contributed by atoms with Gasteiger partial charge in [-0.15, -0.1) is 0 Å². The van der Waals surface area contributed by atoms with Gasteiger partial charge >= 0.3 is 6.09 Å². The fourth-order valence-corrected chi connectivity index (χ4v) is 3.01. The molecule has 126 valence electrons. The highest BCUT2D eigenvalue weighted by Crippen LogP contribution is 2.31. The monoisotopic (exact) mass is 359 g/mol. The van der Waals surface area contributed by atoms with E-state index in [1.54, 1.807) is 6.26 Å². The van der Waals surface area contributed by atoms with Gasteiger partial charge in [0.05, 0.1) is 12.0 Å². The summed E-state index contributed by atoms with van der Waals surface area (Å²) in [5, 5.41) is 13.6. The second-order valence-electron chi connectivity index (χ2n) is 4.19. The molecule has 8 nitrogen and oxygen atoms in total. The van der Waals surface area contributed by atoms with Crippen molar-refractivity contribution < 1.29 is 19.0 Å². The number of nitro groups is 1. The minimum atomic E-state index is -1.26. The summed E-state index contributed by atoms with van der Waals surface area (Å²) in [4.78, 5) is 26.3. The minimum Gasteiger partial charge on any atom is -0.611 e. The molecule has 0 fully saturated rings. The SMILES string of the molecule is CCC[S+]([O-])c1ccc([N+](=O)[O-])c(N=C(NC(=O)OC)SC)c1. The summed E-state index contributed by atoms with van der Waals surface area (Å²) in [6.45, 7) is 1.90. The predicted molar refractivity (Wildman–Crippen MR) is 90.8 cm³/mol. The van der Waals surface area contributed by atoms with Crippen LogP contribution >= 0.6 is 11.8 Å². The Morgan fingerprint density at radius 1 is 1.52 bits per heavy atom. The molecule has 0 aliphatic heterocycles. The van der Waals surface area contributed by atoms with Gasteiger partial charge < -0.3 is 9.29 Å². The van der Waals surface area contributed by atoms with Gasteiger partial charge in [-0.25, -0.2) is 9.79 Å². The van der Waals surface area contributed by atoms with E-state index in [1.807, 2.05) is 6.92 Å². The Kier molecular flexibility index (Phi) is 7.86. The molecule has 1 aromatic carbocycles. The van der Waals surface area contributed by atoms with Crippen LogP contribution in [0.3, 0.4) is 0 Å². The number of nitrogens with one attached hydrogen (secondary N) is 1. The number of alkyl carbamates (subject to hydrolysis) is 1. The number of thioether (sulfide) groups is 1. The summed E-state index contributed by atoms with van der Waals surface area (Å²) in [6.07, 6.45) is 1.65. The van der Waals surface area contributed by atoms with E-state index in [-0.39, 0.29) is 16.5 Å². The highest BCUT2D eigenvalue weighted by molar-refractivity contribution is 8.13. The van der Waals surface area contributed by atoms with Crippen molar-refractivity contribution in [2.75, 3.05) is 19.1 Å². The molecular weight excluding hydrogens is 342 g/mol. The summed E-state index contributed by atoms with van der Waals surface area (Å²) in [5.74, 6) is 0.455. The largest absolute Gasteiger partial charge is 0.611 e. The number of hydrogen-bond donors (Lipinski definition) is 1. The quantitative estimate of drug-likeness (QED) is 0.284. The van der Waals surface area contributed by atoms with Crippen molar-refractivity contribution in [3.63, 3.8) is 0 Å². The molecule has 0 heterocycles. The maximum atomic E-state index is 12.1. The first kappa shape index (κ1) is 19.3. The highest BCUT2D eigenvalue weighted by Gasteiger charge is 2.20. The molecule has 1 unspecified atom stereocenters. The summed E-state index contributed by atoms with van der Waals surface area (Å²) in [6, 6.07) is 4.12. The van der Waals surface area contributed by atoms with Gasteiger partial charge in [0.25, 0.3) is 5.69 Å². The number of benzene rings is 1. The second-order valence-corrected chi connectivity index (χ2v) is 6.56.